The monoisotopic (exact) mass is 244 g/mol. The Hall–Kier alpha value is -0.650. The molecule has 1 aliphatic rings. The molecule has 17 heavy (non-hydrogen) atoms. The van der Waals surface area contributed by atoms with Gasteiger partial charge in [0, 0.05) is 32.7 Å². The molecule has 5 nitrogen and oxygen atoms in total. The molecule has 0 aromatic heterocycles. The highest BCUT2D eigenvalue weighted by Gasteiger charge is 2.24. The third-order valence-electron chi connectivity index (χ3n) is 3.33. The van der Waals surface area contributed by atoms with Gasteiger partial charge < -0.3 is 20.5 Å². The van der Waals surface area contributed by atoms with Crippen molar-refractivity contribution in [2.45, 2.75) is 37.8 Å². The van der Waals surface area contributed by atoms with Crippen LogP contribution in [0, 0.1) is 5.92 Å². The molecule has 1 saturated carbocycles. The van der Waals surface area contributed by atoms with Crippen LogP contribution in [0.25, 0.3) is 0 Å². The summed E-state index contributed by atoms with van der Waals surface area (Å²) in [5.74, 6) is 0.241. The molecule has 0 saturated heterocycles. The molecule has 0 spiro atoms. The van der Waals surface area contributed by atoms with Crippen LogP contribution in [0.4, 0.5) is 0 Å². The summed E-state index contributed by atoms with van der Waals surface area (Å²) in [4.78, 5) is 11.9. The van der Waals surface area contributed by atoms with Crippen LogP contribution in [0.2, 0.25) is 0 Å². The fourth-order valence-corrected chi connectivity index (χ4v) is 2.14. The second kappa shape index (κ2) is 7.63. The van der Waals surface area contributed by atoms with Gasteiger partial charge >= 0.3 is 0 Å². The summed E-state index contributed by atoms with van der Waals surface area (Å²) in [5, 5.41) is 2.92. The van der Waals surface area contributed by atoms with E-state index >= 15 is 0 Å². The standard InChI is InChI=1S/C12H24N2O3/c1-16-8-11(17-2)7-14-12(15)9-3-5-10(13)6-4-9/h9-11H,3-8,13H2,1-2H3,(H,14,15). The fourth-order valence-electron chi connectivity index (χ4n) is 2.14. The molecular formula is C12H24N2O3. The third-order valence-corrected chi connectivity index (χ3v) is 3.33. The molecule has 1 fully saturated rings. The highest BCUT2D eigenvalue weighted by Crippen LogP contribution is 2.23. The predicted molar refractivity (Wildman–Crippen MR) is 65.6 cm³/mol. The quantitative estimate of drug-likeness (QED) is 0.704. The van der Waals surface area contributed by atoms with Crippen molar-refractivity contribution >= 4 is 5.91 Å². The second-order valence-electron chi connectivity index (χ2n) is 4.67. The maximum absolute atomic E-state index is 11.9. The third kappa shape index (κ3) is 5.02. The van der Waals surface area contributed by atoms with Gasteiger partial charge in [0.15, 0.2) is 0 Å². The van der Waals surface area contributed by atoms with Gasteiger partial charge in [-0.25, -0.2) is 0 Å². The Morgan fingerprint density at radius 2 is 2.00 bits per heavy atom. The van der Waals surface area contributed by atoms with Crippen molar-refractivity contribution in [3.8, 4) is 0 Å². The Balaban J connectivity index is 2.24. The Labute approximate surface area is 103 Å². The molecule has 0 aromatic rings. The van der Waals surface area contributed by atoms with Gasteiger partial charge in [-0.1, -0.05) is 0 Å². The number of hydrogen-bond donors (Lipinski definition) is 2. The smallest absolute Gasteiger partial charge is 0.223 e. The van der Waals surface area contributed by atoms with Gasteiger partial charge in [0.1, 0.15) is 0 Å². The van der Waals surface area contributed by atoms with Crippen molar-refractivity contribution in [3.05, 3.63) is 0 Å². The zero-order valence-electron chi connectivity index (χ0n) is 10.8. The first-order valence-electron chi connectivity index (χ1n) is 6.22. The van der Waals surface area contributed by atoms with Crippen LogP contribution in [-0.2, 0) is 14.3 Å². The molecule has 1 aliphatic carbocycles. The lowest BCUT2D eigenvalue weighted by Gasteiger charge is -2.25. The van der Waals surface area contributed by atoms with Crippen LogP contribution in [0.1, 0.15) is 25.7 Å². The topological polar surface area (TPSA) is 73.6 Å². The van der Waals surface area contributed by atoms with Crippen molar-refractivity contribution in [2.24, 2.45) is 11.7 Å². The Morgan fingerprint density at radius 1 is 1.35 bits per heavy atom. The minimum Gasteiger partial charge on any atom is -0.382 e. The molecular weight excluding hydrogens is 220 g/mol. The zero-order chi connectivity index (χ0) is 12.7. The molecule has 100 valence electrons. The number of ether oxygens (including phenoxy) is 2. The van der Waals surface area contributed by atoms with Gasteiger partial charge in [-0.15, -0.1) is 0 Å². The average Bonchev–Trinajstić information content (AvgIpc) is 2.35. The van der Waals surface area contributed by atoms with Gasteiger partial charge in [-0.05, 0) is 25.7 Å². The Bertz CT molecular complexity index is 228. The van der Waals surface area contributed by atoms with E-state index in [-0.39, 0.29) is 24.0 Å². The van der Waals surface area contributed by atoms with E-state index in [4.69, 9.17) is 15.2 Å². The van der Waals surface area contributed by atoms with Crippen LogP contribution in [-0.4, -0.2) is 45.4 Å². The van der Waals surface area contributed by atoms with E-state index < -0.39 is 0 Å². The summed E-state index contributed by atoms with van der Waals surface area (Å²) < 4.78 is 10.2. The maximum Gasteiger partial charge on any atom is 0.223 e. The lowest BCUT2D eigenvalue weighted by molar-refractivity contribution is -0.126. The minimum atomic E-state index is -0.0743. The van der Waals surface area contributed by atoms with E-state index in [1.54, 1.807) is 14.2 Å². The van der Waals surface area contributed by atoms with Crippen LogP contribution in [0.3, 0.4) is 0 Å². The minimum absolute atomic E-state index is 0.0743. The molecule has 3 N–H and O–H groups in total. The number of nitrogens with two attached hydrogens (primary N) is 1. The number of amides is 1. The van der Waals surface area contributed by atoms with Gasteiger partial charge in [-0.3, -0.25) is 4.79 Å². The van der Waals surface area contributed by atoms with Gasteiger partial charge in [0.2, 0.25) is 5.91 Å². The first-order valence-corrected chi connectivity index (χ1v) is 6.22. The van der Waals surface area contributed by atoms with E-state index in [9.17, 15) is 4.79 Å². The summed E-state index contributed by atoms with van der Waals surface area (Å²) in [7, 11) is 3.24. The molecule has 1 unspecified atom stereocenters. The van der Waals surface area contributed by atoms with Crippen LogP contribution < -0.4 is 11.1 Å². The van der Waals surface area contributed by atoms with Gasteiger partial charge in [0.05, 0.1) is 12.7 Å². The zero-order valence-corrected chi connectivity index (χ0v) is 10.8. The molecule has 0 bridgehead atoms. The summed E-state index contributed by atoms with van der Waals surface area (Å²) in [6.45, 7) is 0.998. The second-order valence-corrected chi connectivity index (χ2v) is 4.67. The molecule has 0 heterocycles. The number of carbonyl (C=O) groups excluding carboxylic acids is 1. The van der Waals surface area contributed by atoms with Gasteiger partial charge in [-0.2, -0.15) is 0 Å². The summed E-state index contributed by atoms with van der Waals surface area (Å²) >= 11 is 0. The van der Waals surface area contributed by atoms with Crippen molar-refractivity contribution in [1.82, 2.24) is 5.32 Å². The first-order chi connectivity index (χ1) is 8.17. The van der Waals surface area contributed by atoms with Gasteiger partial charge in [0.25, 0.3) is 0 Å². The number of rotatable bonds is 6. The van der Waals surface area contributed by atoms with E-state index in [2.05, 4.69) is 5.32 Å². The summed E-state index contributed by atoms with van der Waals surface area (Å²) in [6, 6.07) is 0.277. The van der Waals surface area contributed by atoms with Crippen molar-refractivity contribution in [3.63, 3.8) is 0 Å². The van der Waals surface area contributed by atoms with Crippen molar-refractivity contribution < 1.29 is 14.3 Å². The predicted octanol–water partition coefficient (Wildman–Crippen LogP) is 0.282. The van der Waals surface area contributed by atoms with Crippen molar-refractivity contribution in [1.29, 1.82) is 0 Å². The fraction of sp³-hybridized carbons (Fsp3) is 0.917. The first kappa shape index (κ1) is 14.4. The Kier molecular flexibility index (Phi) is 6.47. The van der Waals surface area contributed by atoms with E-state index in [1.165, 1.54) is 0 Å². The highest BCUT2D eigenvalue weighted by molar-refractivity contribution is 5.78. The van der Waals surface area contributed by atoms with E-state index in [0.29, 0.717) is 13.2 Å². The van der Waals surface area contributed by atoms with Crippen LogP contribution in [0.15, 0.2) is 0 Å². The maximum atomic E-state index is 11.9. The molecule has 0 aliphatic heterocycles. The molecule has 0 radical (unpaired) electrons. The van der Waals surface area contributed by atoms with Crippen molar-refractivity contribution in [2.75, 3.05) is 27.4 Å². The molecule has 5 heteroatoms. The molecule has 0 aromatic carbocycles. The van der Waals surface area contributed by atoms with E-state index in [0.717, 1.165) is 25.7 Å². The normalized spacial score (nSPS) is 26.5. The number of carbonyl (C=O) groups is 1. The number of nitrogens with one attached hydrogen (secondary N) is 1. The van der Waals surface area contributed by atoms with Crippen LogP contribution in [0.5, 0.6) is 0 Å². The largest absolute Gasteiger partial charge is 0.382 e. The number of hydrogen-bond acceptors (Lipinski definition) is 4. The van der Waals surface area contributed by atoms with E-state index in [1.807, 2.05) is 0 Å². The Morgan fingerprint density at radius 3 is 2.53 bits per heavy atom. The summed E-state index contributed by atoms with van der Waals surface area (Å²) in [6.07, 6.45) is 3.62. The summed E-state index contributed by atoms with van der Waals surface area (Å²) in [5.41, 5.74) is 5.81. The molecule has 1 amide bonds. The molecule has 1 rings (SSSR count). The average molecular weight is 244 g/mol. The number of methoxy groups -OCH3 is 2. The SMILES string of the molecule is COCC(CNC(=O)C1CCC(N)CC1)OC. The lowest BCUT2D eigenvalue weighted by atomic mass is 9.86. The molecule has 1 atom stereocenters. The van der Waals surface area contributed by atoms with Crippen LogP contribution >= 0.6 is 0 Å². The lowest BCUT2D eigenvalue weighted by Crippen LogP contribution is -2.40. The highest BCUT2D eigenvalue weighted by atomic mass is 16.5.